The number of nitrogens with zero attached hydrogens (tertiary/aromatic N) is 2. The summed E-state index contributed by atoms with van der Waals surface area (Å²) in [7, 11) is -4.15. The van der Waals surface area contributed by atoms with Gasteiger partial charge >= 0.3 is 0 Å². The number of nitrogens with one attached hydrogen (secondary N) is 1. The molecule has 226 valence electrons. The molecule has 3 aromatic rings. The first-order valence-corrected chi connectivity index (χ1v) is 16.3. The number of amides is 2. The van der Waals surface area contributed by atoms with Gasteiger partial charge < -0.3 is 15.0 Å². The van der Waals surface area contributed by atoms with Crippen molar-refractivity contribution in [3.8, 4) is 5.75 Å². The monoisotopic (exact) mass is 657 g/mol. The van der Waals surface area contributed by atoms with Crippen LogP contribution in [0.3, 0.4) is 0 Å². The molecule has 3 aromatic carbocycles. The van der Waals surface area contributed by atoms with E-state index in [0.717, 1.165) is 19.9 Å². The van der Waals surface area contributed by atoms with E-state index >= 15 is 0 Å². The predicted octanol–water partition coefficient (Wildman–Crippen LogP) is 5.93. The van der Waals surface area contributed by atoms with Crippen LogP contribution in [0.25, 0.3) is 0 Å². The second kappa shape index (κ2) is 15.2. The van der Waals surface area contributed by atoms with Crippen molar-refractivity contribution in [3.05, 3.63) is 88.4 Å². The molecule has 0 saturated carbocycles. The average Bonchev–Trinajstić information content (AvgIpc) is 2.95. The summed E-state index contributed by atoms with van der Waals surface area (Å²) in [6.07, 6.45) is 0.365. The standard InChI is InChI=1S/C32H40BrN3O5S/c1-6-30(32(38)34-20-23(3)4)35(21-25-10-8-9-24(5)19-25)31(37)22-36(27-13-15-28(16-14-27)41-7-2)42(39,40)29-17-11-26(33)12-18-29/h8-19,23,30H,6-7,20-22H2,1-5H3,(H,34,38). The minimum Gasteiger partial charge on any atom is -0.494 e. The van der Waals surface area contributed by atoms with E-state index < -0.39 is 28.5 Å². The molecule has 0 aliphatic rings. The van der Waals surface area contributed by atoms with Gasteiger partial charge in [0.25, 0.3) is 10.0 Å². The first kappa shape index (κ1) is 33.1. The lowest BCUT2D eigenvalue weighted by Crippen LogP contribution is -2.52. The molecule has 3 rings (SSSR count). The topological polar surface area (TPSA) is 96.0 Å². The molecule has 42 heavy (non-hydrogen) atoms. The van der Waals surface area contributed by atoms with E-state index in [-0.39, 0.29) is 23.3 Å². The fourth-order valence-corrected chi connectivity index (χ4v) is 6.17. The highest BCUT2D eigenvalue weighted by molar-refractivity contribution is 9.10. The Kier molecular flexibility index (Phi) is 12.0. The lowest BCUT2D eigenvalue weighted by atomic mass is 10.1. The molecule has 0 aliphatic heterocycles. The van der Waals surface area contributed by atoms with Gasteiger partial charge in [0.2, 0.25) is 11.8 Å². The third kappa shape index (κ3) is 8.82. The smallest absolute Gasteiger partial charge is 0.264 e. The highest BCUT2D eigenvalue weighted by Gasteiger charge is 2.33. The number of sulfonamides is 1. The van der Waals surface area contributed by atoms with Crippen LogP contribution in [0, 0.1) is 12.8 Å². The molecule has 0 aromatic heterocycles. The molecule has 0 bridgehead atoms. The van der Waals surface area contributed by atoms with Crippen LogP contribution in [-0.4, -0.2) is 50.9 Å². The number of aryl methyl sites for hydroxylation is 1. The Bertz CT molecular complexity index is 1440. The van der Waals surface area contributed by atoms with E-state index in [0.29, 0.717) is 31.0 Å². The maximum Gasteiger partial charge on any atom is 0.264 e. The minimum atomic E-state index is -4.15. The summed E-state index contributed by atoms with van der Waals surface area (Å²) in [6, 6.07) is 19.8. The molecule has 0 fully saturated rings. The SMILES string of the molecule is CCOc1ccc(N(CC(=O)N(Cc2cccc(C)c2)C(CC)C(=O)NCC(C)C)S(=O)(=O)c2ccc(Br)cc2)cc1. The largest absolute Gasteiger partial charge is 0.494 e. The summed E-state index contributed by atoms with van der Waals surface area (Å²) in [6.45, 7) is 10.3. The summed E-state index contributed by atoms with van der Waals surface area (Å²) < 4.78 is 35.4. The Morgan fingerprint density at radius 3 is 2.21 bits per heavy atom. The maximum atomic E-state index is 14.2. The first-order chi connectivity index (χ1) is 20.0. The Hall–Kier alpha value is -3.37. The van der Waals surface area contributed by atoms with Crippen molar-refractivity contribution < 1.29 is 22.7 Å². The molecule has 0 aliphatic carbocycles. The minimum absolute atomic E-state index is 0.0411. The van der Waals surface area contributed by atoms with E-state index in [1.54, 1.807) is 36.4 Å². The van der Waals surface area contributed by atoms with Gasteiger partial charge in [-0.1, -0.05) is 66.5 Å². The molecular weight excluding hydrogens is 618 g/mol. The fraction of sp³-hybridized carbons (Fsp3) is 0.375. The molecule has 8 nitrogen and oxygen atoms in total. The van der Waals surface area contributed by atoms with Gasteiger partial charge in [0.05, 0.1) is 17.2 Å². The van der Waals surface area contributed by atoms with Gasteiger partial charge in [-0.25, -0.2) is 8.42 Å². The van der Waals surface area contributed by atoms with Gasteiger partial charge in [0.15, 0.2) is 0 Å². The highest BCUT2D eigenvalue weighted by atomic mass is 79.9. The summed E-state index contributed by atoms with van der Waals surface area (Å²) in [5.41, 5.74) is 2.18. The third-order valence-electron chi connectivity index (χ3n) is 6.62. The number of carbonyl (C=O) groups is 2. The van der Waals surface area contributed by atoms with Gasteiger partial charge in [-0.15, -0.1) is 0 Å². The van der Waals surface area contributed by atoms with Crippen LogP contribution in [-0.2, 0) is 26.2 Å². The van der Waals surface area contributed by atoms with Crippen molar-refractivity contribution >= 4 is 43.5 Å². The Morgan fingerprint density at radius 1 is 0.976 bits per heavy atom. The molecule has 0 spiro atoms. The number of carbonyl (C=O) groups excluding carboxylic acids is 2. The third-order valence-corrected chi connectivity index (χ3v) is 8.94. The molecule has 0 radical (unpaired) electrons. The van der Waals surface area contributed by atoms with Crippen molar-refractivity contribution in [3.63, 3.8) is 0 Å². The molecule has 0 saturated heterocycles. The number of anilines is 1. The quantitative estimate of drug-likeness (QED) is 0.232. The fourth-order valence-electron chi connectivity index (χ4n) is 4.49. The Labute approximate surface area is 258 Å². The number of halogens is 1. The zero-order chi connectivity index (χ0) is 30.9. The van der Waals surface area contributed by atoms with Gasteiger partial charge in [-0.05, 0) is 80.3 Å². The lowest BCUT2D eigenvalue weighted by Gasteiger charge is -2.33. The summed E-state index contributed by atoms with van der Waals surface area (Å²) in [5.74, 6) is 0.0642. The van der Waals surface area contributed by atoms with E-state index in [1.807, 2.05) is 58.9 Å². The predicted molar refractivity (Wildman–Crippen MR) is 170 cm³/mol. The molecule has 1 atom stereocenters. The van der Waals surface area contributed by atoms with Crippen molar-refractivity contribution in [1.82, 2.24) is 10.2 Å². The highest BCUT2D eigenvalue weighted by Crippen LogP contribution is 2.27. The van der Waals surface area contributed by atoms with Gasteiger partial charge in [-0.3, -0.25) is 13.9 Å². The Morgan fingerprint density at radius 2 is 1.64 bits per heavy atom. The van der Waals surface area contributed by atoms with Crippen LogP contribution >= 0.6 is 15.9 Å². The van der Waals surface area contributed by atoms with Crippen molar-refractivity contribution in [2.45, 2.75) is 58.5 Å². The van der Waals surface area contributed by atoms with Crippen LogP contribution in [0.4, 0.5) is 5.69 Å². The van der Waals surface area contributed by atoms with E-state index in [2.05, 4.69) is 21.2 Å². The second-order valence-electron chi connectivity index (χ2n) is 10.5. The van der Waals surface area contributed by atoms with Gasteiger partial charge in [0.1, 0.15) is 18.3 Å². The summed E-state index contributed by atoms with van der Waals surface area (Å²) in [5, 5.41) is 2.95. The van der Waals surface area contributed by atoms with Crippen molar-refractivity contribution in [2.75, 3.05) is 24.0 Å². The second-order valence-corrected chi connectivity index (χ2v) is 13.2. The zero-order valence-electron chi connectivity index (χ0n) is 24.8. The molecule has 1 unspecified atom stereocenters. The number of hydrogen-bond donors (Lipinski definition) is 1. The van der Waals surface area contributed by atoms with Crippen LogP contribution in [0.2, 0.25) is 0 Å². The van der Waals surface area contributed by atoms with E-state index in [9.17, 15) is 18.0 Å². The van der Waals surface area contributed by atoms with Crippen LogP contribution < -0.4 is 14.4 Å². The van der Waals surface area contributed by atoms with Crippen LogP contribution in [0.15, 0.2) is 82.2 Å². The van der Waals surface area contributed by atoms with E-state index in [1.165, 1.54) is 17.0 Å². The normalized spacial score (nSPS) is 12.1. The first-order valence-electron chi connectivity index (χ1n) is 14.1. The van der Waals surface area contributed by atoms with Crippen LogP contribution in [0.5, 0.6) is 5.75 Å². The van der Waals surface area contributed by atoms with Crippen LogP contribution in [0.1, 0.15) is 45.2 Å². The van der Waals surface area contributed by atoms with Gasteiger partial charge in [-0.2, -0.15) is 0 Å². The van der Waals surface area contributed by atoms with E-state index in [4.69, 9.17) is 4.74 Å². The van der Waals surface area contributed by atoms with Crippen molar-refractivity contribution in [2.24, 2.45) is 5.92 Å². The lowest BCUT2D eigenvalue weighted by molar-refractivity contribution is -0.140. The van der Waals surface area contributed by atoms with Gasteiger partial charge in [0, 0.05) is 17.6 Å². The zero-order valence-corrected chi connectivity index (χ0v) is 27.2. The molecule has 2 amide bonds. The number of hydrogen-bond acceptors (Lipinski definition) is 5. The summed E-state index contributed by atoms with van der Waals surface area (Å²) >= 11 is 3.35. The number of rotatable bonds is 14. The maximum absolute atomic E-state index is 14.2. The average molecular weight is 659 g/mol. The Balaban J connectivity index is 2.05. The number of ether oxygens (including phenoxy) is 1. The molecule has 1 N–H and O–H groups in total. The molecular formula is C32H40BrN3O5S. The molecule has 10 heteroatoms. The van der Waals surface area contributed by atoms with Crippen molar-refractivity contribution in [1.29, 1.82) is 0 Å². The summed E-state index contributed by atoms with van der Waals surface area (Å²) in [4.78, 5) is 29.0. The molecule has 0 heterocycles. The number of benzene rings is 3.